The van der Waals surface area contributed by atoms with E-state index in [0.29, 0.717) is 13.2 Å². The molecule has 3 heteroatoms. The largest absolute Gasteiger partial charge is 0.386 e. The zero-order valence-corrected chi connectivity index (χ0v) is 13.5. The van der Waals surface area contributed by atoms with Gasteiger partial charge in [0.05, 0.1) is 6.61 Å². The average Bonchev–Trinajstić information content (AvgIpc) is 3.34. The Morgan fingerprint density at radius 2 is 1.70 bits per heavy atom. The van der Waals surface area contributed by atoms with Crippen LogP contribution in [0.1, 0.15) is 30.5 Å². The van der Waals surface area contributed by atoms with Crippen molar-refractivity contribution in [1.29, 1.82) is 0 Å². The number of hydrogen-bond donors (Lipinski definition) is 1. The van der Waals surface area contributed by atoms with E-state index in [1.54, 1.807) is 0 Å². The molecule has 4 rings (SSSR count). The molecule has 3 atom stereocenters. The number of benzene rings is 2. The number of aliphatic hydroxyl groups is 1. The SMILES string of the molecule is C[C@]1(O)CN(Cc2ccccc2)[C@H](c2ccccc2)C[C@]12CO2. The summed E-state index contributed by atoms with van der Waals surface area (Å²) < 4.78 is 5.73. The number of nitrogens with zero attached hydrogens (tertiary/aromatic N) is 1. The summed E-state index contributed by atoms with van der Waals surface area (Å²) >= 11 is 0. The number of ether oxygens (including phenoxy) is 1. The van der Waals surface area contributed by atoms with Crippen LogP contribution in [-0.2, 0) is 11.3 Å². The summed E-state index contributed by atoms with van der Waals surface area (Å²) in [6.07, 6.45) is 0.844. The number of rotatable bonds is 3. The van der Waals surface area contributed by atoms with Crippen LogP contribution >= 0.6 is 0 Å². The van der Waals surface area contributed by atoms with E-state index in [1.165, 1.54) is 11.1 Å². The number of likely N-dealkylation sites (tertiary alicyclic amines) is 1. The molecule has 0 saturated carbocycles. The third-order valence-electron chi connectivity index (χ3n) is 5.36. The second-order valence-electron chi connectivity index (χ2n) is 7.08. The van der Waals surface area contributed by atoms with E-state index in [1.807, 2.05) is 19.1 Å². The van der Waals surface area contributed by atoms with E-state index in [0.717, 1.165) is 13.0 Å². The third-order valence-corrected chi connectivity index (χ3v) is 5.36. The van der Waals surface area contributed by atoms with Gasteiger partial charge in [0.15, 0.2) is 0 Å². The molecule has 0 radical (unpaired) electrons. The molecule has 120 valence electrons. The molecule has 1 spiro atoms. The molecule has 0 unspecified atom stereocenters. The Bertz CT molecular complexity index is 665. The molecule has 2 saturated heterocycles. The number of hydrogen-bond acceptors (Lipinski definition) is 3. The second kappa shape index (κ2) is 5.45. The Hall–Kier alpha value is -1.68. The van der Waals surface area contributed by atoms with Gasteiger partial charge in [-0.25, -0.2) is 0 Å². The molecule has 3 nitrogen and oxygen atoms in total. The first-order chi connectivity index (χ1) is 11.1. The van der Waals surface area contributed by atoms with Crippen molar-refractivity contribution in [2.24, 2.45) is 0 Å². The minimum absolute atomic E-state index is 0.277. The lowest BCUT2D eigenvalue weighted by molar-refractivity contribution is -0.102. The van der Waals surface area contributed by atoms with Gasteiger partial charge >= 0.3 is 0 Å². The highest BCUT2D eigenvalue weighted by atomic mass is 16.6. The van der Waals surface area contributed by atoms with E-state index >= 15 is 0 Å². The fraction of sp³-hybridized carbons (Fsp3) is 0.400. The van der Waals surface area contributed by atoms with Gasteiger partial charge in [-0.3, -0.25) is 4.90 Å². The zero-order chi connectivity index (χ0) is 15.9. The minimum atomic E-state index is -0.799. The second-order valence-corrected chi connectivity index (χ2v) is 7.08. The van der Waals surface area contributed by atoms with E-state index in [-0.39, 0.29) is 11.6 Å². The quantitative estimate of drug-likeness (QED) is 0.885. The highest BCUT2D eigenvalue weighted by Crippen LogP contribution is 2.51. The maximum absolute atomic E-state index is 10.9. The molecule has 1 N–H and O–H groups in total. The van der Waals surface area contributed by atoms with E-state index in [4.69, 9.17) is 4.74 Å². The summed E-state index contributed by atoms with van der Waals surface area (Å²) in [6.45, 7) is 4.05. The summed E-state index contributed by atoms with van der Waals surface area (Å²) in [6, 6.07) is 21.3. The molecular formula is C20H23NO2. The van der Waals surface area contributed by atoms with Gasteiger partial charge in [0.2, 0.25) is 0 Å². The molecule has 0 aliphatic carbocycles. The normalized spacial score (nSPS) is 33.7. The van der Waals surface area contributed by atoms with Crippen molar-refractivity contribution in [2.75, 3.05) is 13.2 Å². The monoisotopic (exact) mass is 309 g/mol. The summed E-state index contributed by atoms with van der Waals surface area (Å²) in [5.41, 5.74) is 1.42. The third kappa shape index (κ3) is 2.69. The lowest BCUT2D eigenvalue weighted by Crippen LogP contribution is -2.58. The van der Waals surface area contributed by atoms with Crippen LogP contribution in [0.4, 0.5) is 0 Å². The summed E-state index contributed by atoms with van der Waals surface area (Å²) in [5.74, 6) is 0. The average molecular weight is 309 g/mol. The van der Waals surface area contributed by atoms with Crippen LogP contribution < -0.4 is 0 Å². The van der Waals surface area contributed by atoms with Gasteiger partial charge < -0.3 is 9.84 Å². The Labute approximate surface area is 137 Å². The molecule has 23 heavy (non-hydrogen) atoms. The van der Waals surface area contributed by atoms with Crippen LogP contribution in [0.15, 0.2) is 60.7 Å². The Kier molecular flexibility index (Phi) is 3.52. The number of piperidine rings is 1. The van der Waals surface area contributed by atoms with E-state index in [9.17, 15) is 5.11 Å². The predicted octanol–water partition coefficient (Wildman–Crippen LogP) is 3.15. The van der Waals surface area contributed by atoms with Crippen molar-refractivity contribution in [1.82, 2.24) is 4.90 Å². The number of epoxide rings is 1. The molecule has 2 fully saturated rings. The van der Waals surface area contributed by atoms with Crippen LogP contribution in [0.3, 0.4) is 0 Å². The van der Waals surface area contributed by atoms with Gasteiger partial charge in [0, 0.05) is 25.6 Å². The minimum Gasteiger partial charge on any atom is -0.386 e. The van der Waals surface area contributed by atoms with Gasteiger partial charge in [0.25, 0.3) is 0 Å². The van der Waals surface area contributed by atoms with Crippen molar-refractivity contribution in [3.8, 4) is 0 Å². The van der Waals surface area contributed by atoms with E-state index < -0.39 is 5.60 Å². The Balaban J connectivity index is 1.65. The Morgan fingerprint density at radius 3 is 2.30 bits per heavy atom. The topological polar surface area (TPSA) is 36.0 Å². The first-order valence-electron chi connectivity index (χ1n) is 8.29. The predicted molar refractivity (Wildman–Crippen MR) is 90.0 cm³/mol. The van der Waals surface area contributed by atoms with Crippen molar-refractivity contribution < 1.29 is 9.84 Å². The molecule has 2 aliphatic rings. The van der Waals surface area contributed by atoms with Crippen LogP contribution in [0, 0.1) is 0 Å². The van der Waals surface area contributed by atoms with Gasteiger partial charge in [0.1, 0.15) is 11.2 Å². The Morgan fingerprint density at radius 1 is 1.09 bits per heavy atom. The molecule has 0 bridgehead atoms. The van der Waals surface area contributed by atoms with Gasteiger partial charge in [-0.2, -0.15) is 0 Å². The van der Waals surface area contributed by atoms with Crippen LogP contribution in [0.2, 0.25) is 0 Å². The first kappa shape index (κ1) is 14.9. The lowest BCUT2D eigenvalue weighted by Gasteiger charge is -2.46. The molecule has 2 aromatic rings. The lowest BCUT2D eigenvalue weighted by atomic mass is 9.77. The molecule has 2 aromatic carbocycles. The summed E-state index contributed by atoms with van der Waals surface area (Å²) in [5, 5.41) is 10.9. The van der Waals surface area contributed by atoms with Gasteiger partial charge in [-0.05, 0) is 18.1 Å². The van der Waals surface area contributed by atoms with Crippen molar-refractivity contribution >= 4 is 0 Å². The fourth-order valence-electron chi connectivity index (χ4n) is 3.81. The number of β-amino-alcohol motifs (C(OH)–C–C–N with tert-alkyl or cyclic N) is 1. The molecule has 2 heterocycles. The van der Waals surface area contributed by atoms with Crippen LogP contribution in [0.5, 0.6) is 0 Å². The summed E-state index contributed by atoms with van der Waals surface area (Å²) in [4.78, 5) is 2.39. The molecule has 0 aromatic heterocycles. The van der Waals surface area contributed by atoms with Crippen molar-refractivity contribution in [3.63, 3.8) is 0 Å². The maximum atomic E-state index is 10.9. The molecular weight excluding hydrogens is 286 g/mol. The first-order valence-corrected chi connectivity index (χ1v) is 8.29. The van der Waals surface area contributed by atoms with Crippen LogP contribution in [0.25, 0.3) is 0 Å². The summed E-state index contributed by atoms with van der Waals surface area (Å²) in [7, 11) is 0. The van der Waals surface area contributed by atoms with Crippen molar-refractivity contribution in [2.45, 2.75) is 37.1 Å². The smallest absolute Gasteiger partial charge is 0.123 e. The molecule has 2 aliphatic heterocycles. The maximum Gasteiger partial charge on any atom is 0.123 e. The standard InChI is InChI=1S/C20H23NO2/c1-19(22)14-21(13-16-8-4-2-5-9-16)18(12-20(19)15-23-20)17-10-6-3-7-11-17/h2-11,18,22H,12-15H2,1H3/t18-,19-,20-/m0/s1. The van der Waals surface area contributed by atoms with Gasteiger partial charge in [-0.1, -0.05) is 60.7 Å². The highest BCUT2D eigenvalue weighted by Gasteiger charge is 2.63. The molecule has 0 amide bonds. The van der Waals surface area contributed by atoms with Crippen molar-refractivity contribution in [3.05, 3.63) is 71.8 Å². The van der Waals surface area contributed by atoms with Gasteiger partial charge in [-0.15, -0.1) is 0 Å². The fourth-order valence-corrected chi connectivity index (χ4v) is 3.81. The highest BCUT2D eigenvalue weighted by molar-refractivity contribution is 5.26. The van der Waals surface area contributed by atoms with E-state index in [2.05, 4.69) is 53.4 Å². The zero-order valence-electron chi connectivity index (χ0n) is 13.5. The van der Waals surface area contributed by atoms with Crippen LogP contribution in [-0.4, -0.2) is 34.4 Å².